The molecule has 4 heavy (non-hydrogen) atoms. The van der Waals surface area contributed by atoms with Gasteiger partial charge in [-0.15, -0.1) is 0 Å². The molecular weight excluding hydrogens is 142 g/mol. The van der Waals surface area contributed by atoms with Gasteiger partial charge in [0.05, 0.1) is 0 Å². The van der Waals surface area contributed by atoms with Gasteiger partial charge in [-0.05, 0) is 0 Å². The van der Waals surface area contributed by atoms with Crippen LogP contribution in [-0.2, 0) is 19.5 Å². The first kappa shape index (κ1) is 54.9. The van der Waals surface area contributed by atoms with Crippen LogP contribution in [-0.4, -0.2) is 0 Å². The maximum atomic E-state index is 0. The Hall–Kier alpha value is 1.36. The van der Waals surface area contributed by atoms with Gasteiger partial charge >= 0.3 is 0 Å². The van der Waals surface area contributed by atoms with Crippen molar-refractivity contribution in [3.63, 3.8) is 0 Å². The third-order valence-corrected chi connectivity index (χ3v) is 0. The van der Waals surface area contributed by atoms with Crippen LogP contribution in [0.15, 0.2) is 0 Å². The molecule has 0 bridgehead atoms. The monoisotopic (exact) mass is 149 g/mol. The van der Waals surface area contributed by atoms with Crippen LogP contribution >= 0.6 is 23.4 Å². The molecule has 0 heterocycles. The van der Waals surface area contributed by atoms with E-state index in [2.05, 4.69) is 0 Å². The molecular formula is H8NPSZn. The Kier molecular flexibility index (Phi) is 365. The molecule has 0 aliphatic carbocycles. The number of hydrogen-bond donors (Lipinski definition) is 1. The molecule has 0 radical (unpaired) electrons. The standard InChI is InChI=1S/H3N.H3P.H2S.Zn/h2*1H3;1H2;. The molecule has 1 unspecified atom stereocenters. The van der Waals surface area contributed by atoms with Crippen molar-refractivity contribution in [3.05, 3.63) is 0 Å². The fourth-order valence-electron chi connectivity index (χ4n) is 0. The van der Waals surface area contributed by atoms with Crippen LogP contribution in [0.3, 0.4) is 0 Å². The van der Waals surface area contributed by atoms with Gasteiger partial charge in [0.1, 0.15) is 0 Å². The molecule has 0 aromatic carbocycles. The predicted octanol–water partition coefficient (Wildman–Crippen LogP) is 0.330. The second kappa shape index (κ2) is 26.6. The van der Waals surface area contributed by atoms with E-state index in [-0.39, 0.29) is 49.0 Å². The maximum absolute atomic E-state index is 0. The average molecular weight is 151 g/mol. The Morgan fingerprint density at radius 1 is 1.00 bits per heavy atom. The van der Waals surface area contributed by atoms with Gasteiger partial charge in [-0.2, -0.15) is 23.4 Å². The van der Waals surface area contributed by atoms with Crippen molar-refractivity contribution in [1.82, 2.24) is 6.15 Å². The smallest absolute Gasteiger partial charge is 0 e. The van der Waals surface area contributed by atoms with Gasteiger partial charge in [0, 0.05) is 19.5 Å². The Labute approximate surface area is 49.3 Å². The summed E-state index contributed by atoms with van der Waals surface area (Å²) in [4.78, 5) is 0. The first-order valence-electron chi connectivity index (χ1n) is 0. The molecule has 26 valence electrons. The van der Waals surface area contributed by atoms with Gasteiger partial charge in [-0.3, -0.25) is 0 Å². The van der Waals surface area contributed by atoms with Crippen LogP contribution < -0.4 is 6.15 Å². The van der Waals surface area contributed by atoms with E-state index in [1.165, 1.54) is 0 Å². The summed E-state index contributed by atoms with van der Waals surface area (Å²) in [5, 5.41) is 0. The summed E-state index contributed by atoms with van der Waals surface area (Å²) in [5.74, 6) is 0. The summed E-state index contributed by atoms with van der Waals surface area (Å²) in [5.41, 5.74) is 0. The average Bonchev–Trinajstić information content (AvgIpc) is 0. The van der Waals surface area contributed by atoms with Gasteiger partial charge < -0.3 is 6.15 Å². The van der Waals surface area contributed by atoms with E-state index in [9.17, 15) is 0 Å². The Bertz CT molecular complexity index is 8.00. The molecule has 0 aliphatic heterocycles. The third kappa shape index (κ3) is 10.1. The van der Waals surface area contributed by atoms with Crippen molar-refractivity contribution in [2.24, 2.45) is 0 Å². The van der Waals surface area contributed by atoms with E-state index in [0.717, 1.165) is 0 Å². The van der Waals surface area contributed by atoms with E-state index in [1.54, 1.807) is 0 Å². The first-order valence-corrected chi connectivity index (χ1v) is 0. The largest absolute Gasteiger partial charge is 0.344 e. The van der Waals surface area contributed by atoms with Crippen LogP contribution in [0.4, 0.5) is 0 Å². The minimum absolute atomic E-state index is 0. The predicted molar refractivity (Wildman–Crippen MR) is 26.5 cm³/mol. The molecule has 3 N–H and O–H groups in total. The molecule has 0 aromatic rings. The van der Waals surface area contributed by atoms with Gasteiger partial charge in [-0.1, -0.05) is 0 Å². The van der Waals surface area contributed by atoms with E-state index in [1.807, 2.05) is 0 Å². The molecule has 1 atom stereocenters. The summed E-state index contributed by atoms with van der Waals surface area (Å²) < 4.78 is 0. The van der Waals surface area contributed by atoms with E-state index >= 15 is 0 Å². The Morgan fingerprint density at radius 2 is 1.00 bits per heavy atom. The molecule has 0 amide bonds. The van der Waals surface area contributed by atoms with Gasteiger partial charge in [0.2, 0.25) is 0 Å². The molecule has 0 aromatic heterocycles. The molecule has 0 aliphatic rings. The van der Waals surface area contributed by atoms with Crippen molar-refractivity contribution in [3.8, 4) is 0 Å². The van der Waals surface area contributed by atoms with Crippen molar-refractivity contribution >= 4 is 23.4 Å². The first-order chi connectivity index (χ1) is 0. The van der Waals surface area contributed by atoms with Crippen molar-refractivity contribution < 1.29 is 19.5 Å². The van der Waals surface area contributed by atoms with E-state index < -0.39 is 0 Å². The van der Waals surface area contributed by atoms with Crippen LogP contribution in [0.25, 0.3) is 0 Å². The van der Waals surface area contributed by atoms with Crippen LogP contribution in [0.1, 0.15) is 0 Å². The van der Waals surface area contributed by atoms with E-state index in [4.69, 9.17) is 0 Å². The normalized spacial score (nSPS) is 0. The minimum Gasteiger partial charge on any atom is -0.344 e. The molecule has 4 heteroatoms. The quantitative estimate of drug-likeness (QED) is 0.392. The maximum Gasteiger partial charge on any atom is 0 e. The Balaban J connectivity index is 0. The minimum atomic E-state index is 0. The zero-order valence-corrected chi connectivity index (χ0v) is 8.00. The SMILES string of the molecule is N.P.S.[Zn]. The van der Waals surface area contributed by atoms with Gasteiger partial charge in [0.25, 0.3) is 0 Å². The number of rotatable bonds is 0. The van der Waals surface area contributed by atoms with Crippen LogP contribution in [0.2, 0.25) is 0 Å². The van der Waals surface area contributed by atoms with Crippen molar-refractivity contribution in [2.45, 2.75) is 0 Å². The van der Waals surface area contributed by atoms with Crippen molar-refractivity contribution in [2.75, 3.05) is 0 Å². The summed E-state index contributed by atoms with van der Waals surface area (Å²) in [6.45, 7) is 0. The zero-order valence-electron chi connectivity index (χ0n) is 2.62. The van der Waals surface area contributed by atoms with Crippen LogP contribution in [0, 0.1) is 0 Å². The summed E-state index contributed by atoms with van der Waals surface area (Å²) in [7, 11) is 0. The second-order valence-electron chi connectivity index (χ2n) is 0. The summed E-state index contributed by atoms with van der Waals surface area (Å²) >= 11 is 0. The topological polar surface area (TPSA) is 35.0 Å². The van der Waals surface area contributed by atoms with Crippen molar-refractivity contribution in [1.29, 1.82) is 0 Å². The fourth-order valence-corrected chi connectivity index (χ4v) is 0. The van der Waals surface area contributed by atoms with Crippen LogP contribution in [0.5, 0.6) is 0 Å². The molecule has 0 fully saturated rings. The van der Waals surface area contributed by atoms with Gasteiger partial charge in [-0.25, -0.2) is 0 Å². The molecule has 1 nitrogen and oxygen atoms in total. The second-order valence-corrected chi connectivity index (χ2v) is 0. The van der Waals surface area contributed by atoms with Gasteiger partial charge in [0.15, 0.2) is 0 Å². The zero-order chi connectivity index (χ0) is 0. The van der Waals surface area contributed by atoms with E-state index in [0.29, 0.717) is 0 Å². The molecule has 0 spiro atoms. The molecule has 0 rings (SSSR count). The summed E-state index contributed by atoms with van der Waals surface area (Å²) in [6.07, 6.45) is 0. The molecule has 0 saturated heterocycles. The molecule has 0 saturated carbocycles. The number of hydrogen-bond acceptors (Lipinski definition) is 1. The third-order valence-electron chi connectivity index (χ3n) is 0. The summed E-state index contributed by atoms with van der Waals surface area (Å²) in [6, 6.07) is 0. The fraction of sp³-hybridized carbons (Fsp3) is 0. The Morgan fingerprint density at radius 3 is 1.00 bits per heavy atom.